The van der Waals surface area contributed by atoms with Crippen LogP contribution in [0.2, 0.25) is 0 Å². The number of methoxy groups -OCH3 is 1. The van der Waals surface area contributed by atoms with E-state index < -0.39 is 0 Å². The molecule has 1 aromatic heterocycles. The van der Waals surface area contributed by atoms with Gasteiger partial charge in [0.2, 0.25) is 5.91 Å². The molecule has 0 radical (unpaired) electrons. The van der Waals surface area contributed by atoms with E-state index in [2.05, 4.69) is 10.3 Å². The van der Waals surface area contributed by atoms with Crippen molar-refractivity contribution in [1.82, 2.24) is 10.3 Å². The van der Waals surface area contributed by atoms with Gasteiger partial charge >= 0.3 is 0 Å². The Hall–Kier alpha value is -1.46. The predicted molar refractivity (Wildman–Crippen MR) is 76.9 cm³/mol. The van der Waals surface area contributed by atoms with Gasteiger partial charge in [-0.15, -0.1) is 0 Å². The number of rotatable bonds is 4. The Morgan fingerprint density at radius 1 is 1.55 bits per heavy atom. The number of aryl methyl sites for hydroxylation is 1. The van der Waals surface area contributed by atoms with Crippen molar-refractivity contribution >= 4 is 5.91 Å². The Kier molecular flexibility index (Phi) is 5.09. The lowest BCUT2D eigenvalue weighted by atomic mass is 9.83. The average molecular weight is 277 g/mol. The first kappa shape index (κ1) is 14.9. The van der Waals surface area contributed by atoms with E-state index in [4.69, 9.17) is 10.5 Å². The zero-order valence-electron chi connectivity index (χ0n) is 12.1. The molecule has 3 N–H and O–H groups in total. The second kappa shape index (κ2) is 6.81. The lowest BCUT2D eigenvalue weighted by Crippen LogP contribution is -2.45. The molecule has 5 heteroatoms. The summed E-state index contributed by atoms with van der Waals surface area (Å²) in [6.07, 6.45) is 4.19. The second-order valence-electron chi connectivity index (χ2n) is 5.43. The van der Waals surface area contributed by atoms with Crippen molar-refractivity contribution in [1.29, 1.82) is 0 Å². The van der Waals surface area contributed by atoms with E-state index in [1.165, 1.54) is 0 Å². The number of hydrogen-bond acceptors (Lipinski definition) is 4. The maximum atomic E-state index is 12.2. The molecule has 2 rings (SSSR count). The Balaban J connectivity index is 1.85. The lowest BCUT2D eigenvalue weighted by molar-refractivity contribution is -0.127. The molecule has 1 heterocycles. The molecular weight excluding hydrogens is 254 g/mol. The minimum atomic E-state index is -0.0545. The first-order valence-electron chi connectivity index (χ1n) is 7.08. The number of nitrogens with zero attached hydrogens (tertiary/aromatic N) is 1. The summed E-state index contributed by atoms with van der Waals surface area (Å²) in [7, 11) is 1.68. The number of carbonyl (C=O) groups excluding carboxylic acids is 1. The third kappa shape index (κ3) is 3.55. The molecule has 1 aliphatic rings. The van der Waals surface area contributed by atoms with E-state index in [1.54, 1.807) is 13.3 Å². The Morgan fingerprint density at radius 2 is 2.35 bits per heavy atom. The van der Waals surface area contributed by atoms with Gasteiger partial charge in [-0.25, -0.2) is 0 Å². The predicted octanol–water partition coefficient (Wildman–Crippen LogP) is 1.15. The van der Waals surface area contributed by atoms with E-state index in [-0.39, 0.29) is 24.0 Å². The van der Waals surface area contributed by atoms with E-state index in [0.29, 0.717) is 13.0 Å². The van der Waals surface area contributed by atoms with Crippen LogP contribution < -0.4 is 11.1 Å². The quantitative estimate of drug-likeness (QED) is 0.865. The van der Waals surface area contributed by atoms with Gasteiger partial charge in [0, 0.05) is 25.3 Å². The van der Waals surface area contributed by atoms with Crippen LogP contribution in [-0.2, 0) is 16.1 Å². The van der Waals surface area contributed by atoms with Crippen molar-refractivity contribution in [3.8, 4) is 0 Å². The monoisotopic (exact) mass is 277 g/mol. The summed E-state index contributed by atoms with van der Waals surface area (Å²) >= 11 is 0. The number of aromatic nitrogens is 1. The van der Waals surface area contributed by atoms with Gasteiger partial charge in [0.05, 0.1) is 18.3 Å². The second-order valence-corrected chi connectivity index (χ2v) is 5.43. The highest BCUT2D eigenvalue weighted by Crippen LogP contribution is 2.25. The Labute approximate surface area is 119 Å². The summed E-state index contributed by atoms with van der Waals surface area (Å²) in [5, 5.41) is 2.97. The molecule has 1 aliphatic carbocycles. The number of nitrogens with two attached hydrogens (primary N) is 1. The molecule has 1 aromatic rings. The molecule has 0 unspecified atom stereocenters. The smallest absolute Gasteiger partial charge is 0.223 e. The van der Waals surface area contributed by atoms with Crippen LogP contribution in [0.3, 0.4) is 0 Å². The number of carbonyl (C=O) groups is 1. The van der Waals surface area contributed by atoms with Crippen molar-refractivity contribution in [3.63, 3.8) is 0 Å². The Bertz CT molecular complexity index is 464. The highest BCUT2D eigenvalue weighted by Gasteiger charge is 2.31. The normalized spacial score (nSPS) is 26.2. The molecule has 0 saturated heterocycles. The summed E-state index contributed by atoms with van der Waals surface area (Å²) in [5.74, 6) is 0.0560. The summed E-state index contributed by atoms with van der Waals surface area (Å²) in [5.41, 5.74) is 8.03. The van der Waals surface area contributed by atoms with Crippen molar-refractivity contribution in [2.75, 3.05) is 7.11 Å². The van der Waals surface area contributed by atoms with Crippen LogP contribution in [0.5, 0.6) is 0 Å². The van der Waals surface area contributed by atoms with E-state index in [9.17, 15) is 4.79 Å². The fourth-order valence-electron chi connectivity index (χ4n) is 2.73. The fraction of sp³-hybridized carbons (Fsp3) is 0.600. The van der Waals surface area contributed by atoms with Crippen LogP contribution in [0.25, 0.3) is 0 Å². The minimum Gasteiger partial charge on any atom is -0.380 e. The third-order valence-corrected chi connectivity index (χ3v) is 4.06. The van der Waals surface area contributed by atoms with Crippen LogP contribution in [0.15, 0.2) is 18.3 Å². The van der Waals surface area contributed by atoms with Crippen molar-refractivity contribution in [2.45, 2.75) is 44.9 Å². The standard InChI is InChI=1S/C15H23N3O2/c1-10-4-3-7-17-13(10)9-18-15(19)11-5-6-14(20-2)12(16)8-11/h3-4,7,11-12,14H,5-6,8-9,16H2,1-2H3,(H,18,19)/t11-,12+,14+/m0/s1. The van der Waals surface area contributed by atoms with Gasteiger partial charge in [-0.1, -0.05) is 6.07 Å². The number of ether oxygens (including phenoxy) is 1. The van der Waals surface area contributed by atoms with Crippen LogP contribution in [0.1, 0.15) is 30.5 Å². The summed E-state index contributed by atoms with van der Waals surface area (Å²) in [6.45, 7) is 2.47. The number of amides is 1. The van der Waals surface area contributed by atoms with Crippen LogP contribution in [0, 0.1) is 12.8 Å². The Morgan fingerprint density at radius 3 is 3.00 bits per heavy atom. The van der Waals surface area contributed by atoms with E-state index >= 15 is 0 Å². The molecular formula is C15H23N3O2. The van der Waals surface area contributed by atoms with Gasteiger partial charge in [-0.05, 0) is 37.8 Å². The minimum absolute atomic E-state index is 0.0135. The first-order chi connectivity index (χ1) is 9.61. The van der Waals surface area contributed by atoms with E-state index in [1.807, 2.05) is 19.1 Å². The molecule has 0 aromatic carbocycles. The third-order valence-electron chi connectivity index (χ3n) is 4.06. The molecule has 3 atom stereocenters. The molecule has 5 nitrogen and oxygen atoms in total. The van der Waals surface area contributed by atoms with Crippen LogP contribution in [0.4, 0.5) is 0 Å². The number of nitrogens with one attached hydrogen (secondary N) is 1. The number of pyridine rings is 1. The molecule has 0 spiro atoms. The fourth-order valence-corrected chi connectivity index (χ4v) is 2.73. The lowest BCUT2D eigenvalue weighted by Gasteiger charge is -2.32. The van der Waals surface area contributed by atoms with Gasteiger partial charge < -0.3 is 15.8 Å². The summed E-state index contributed by atoms with van der Waals surface area (Å²) in [6, 6.07) is 3.83. The zero-order valence-corrected chi connectivity index (χ0v) is 12.1. The summed E-state index contributed by atoms with van der Waals surface area (Å²) in [4.78, 5) is 16.5. The SMILES string of the molecule is CO[C@@H]1CC[C@H](C(=O)NCc2ncccc2C)C[C@H]1N. The van der Waals surface area contributed by atoms with Gasteiger partial charge in [-0.3, -0.25) is 9.78 Å². The molecule has 0 aliphatic heterocycles. The highest BCUT2D eigenvalue weighted by molar-refractivity contribution is 5.78. The van der Waals surface area contributed by atoms with Gasteiger partial charge in [0.25, 0.3) is 0 Å². The topological polar surface area (TPSA) is 77.2 Å². The highest BCUT2D eigenvalue weighted by atomic mass is 16.5. The molecule has 0 bridgehead atoms. The van der Waals surface area contributed by atoms with Crippen molar-refractivity contribution < 1.29 is 9.53 Å². The molecule has 110 valence electrons. The maximum Gasteiger partial charge on any atom is 0.223 e. The van der Waals surface area contributed by atoms with Crippen LogP contribution in [-0.4, -0.2) is 30.1 Å². The van der Waals surface area contributed by atoms with Gasteiger partial charge in [-0.2, -0.15) is 0 Å². The largest absolute Gasteiger partial charge is 0.380 e. The van der Waals surface area contributed by atoms with Gasteiger partial charge in [0.1, 0.15) is 0 Å². The average Bonchev–Trinajstić information content (AvgIpc) is 2.46. The van der Waals surface area contributed by atoms with Crippen LogP contribution >= 0.6 is 0 Å². The van der Waals surface area contributed by atoms with Crippen molar-refractivity contribution in [3.05, 3.63) is 29.6 Å². The van der Waals surface area contributed by atoms with Crippen molar-refractivity contribution in [2.24, 2.45) is 11.7 Å². The maximum absolute atomic E-state index is 12.2. The zero-order chi connectivity index (χ0) is 14.5. The first-order valence-corrected chi connectivity index (χ1v) is 7.08. The van der Waals surface area contributed by atoms with E-state index in [0.717, 1.165) is 24.1 Å². The molecule has 1 saturated carbocycles. The number of hydrogen-bond donors (Lipinski definition) is 2. The van der Waals surface area contributed by atoms with Gasteiger partial charge in [0.15, 0.2) is 0 Å². The molecule has 1 fully saturated rings. The molecule has 20 heavy (non-hydrogen) atoms. The molecule has 1 amide bonds. The summed E-state index contributed by atoms with van der Waals surface area (Å²) < 4.78 is 5.31.